The summed E-state index contributed by atoms with van der Waals surface area (Å²) in [5, 5.41) is 21.3. The van der Waals surface area contributed by atoms with E-state index in [4.69, 9.17) is 28.4 Å². The van der Waals surface area contributed by atoms with Crippen molar-refractivity contribution in [1.82, 2.24) is 0 Å². The number of ether oxygens (including phenoxy) is 6. The van der Waals surface area contributed by atoms with Crippen LogP contribution in [0.3, 0.4) is 0 Å². The van der Waals surface area contributed by atoms with Crippen LogP contribution < -0.4 is 9.47 Å². The summed E-state index contributed by atoms with van der Waals surface area (Å²) in [6.45, 7) is 1.61. The highest BCUT2D eigenvalue weighted by molar-refractivity contribution is 5.66. The molecule has 1 aliphatic heterocycles. The minimum Gasteiger partial charge on any atom is -0.497 e. The average Bonchev–Trinajstić information content (AvgIpc) is 2.82. The lowest BCUT2D eigenvalue weighted by atomic mass is 9.98. The Kier molecular flexibility index (Phi) is 9.04. The Morgan fingerprint density at radius 3 is 1.94 bits per heavy atom. The summed E-state index contributed by atoms with van der Waals surface area (Å²) in [6, 6.07) is 14.6. The number of esters is 1. The van der Waals surface area contributed by atoms with Crippen molar-refractivity contribution in [2.75, 3.05) is 20.8 Å². The molecule has 1 aliphatic rings. The molecular weight excluding hydrogens is 432 g/mol. The molecule has 0 aromatic heterocycles. The van der Waals surface area contributed by atoms with Crippen molar-refractivity contribution in [1.29, 1.82) is 0 Å². The van der Waals surface area contributed by atoms with Crippen LogP contribution in [0.1, 0.15) is 18.1 Å². The fourth-order valence-corrected chi connectivity index (χ4v) is 3.48. The fourth-order valence-electron chi connectivity index (χ4n) is 3.48. The first-order valence-corrected chi connectivity index (χ1v) is 10.5. The number of rotatable bonds is 10. The first-order chi connectivity index (χ1) is 15.9. The molecule has 0 amide bonds. The van der Waals surface area contributed by atoms with Gasteiger partial charge in [0.25, 0.3) is 0 Å². The summed E-state index contributed by atoms with van der Waals surface area (Å²) in [5.41, 5.74) is 1.73. The first kappa shape index (κ1) is 24.9. The van der Waals surface area contributed by atoms with Crippen LogP contribution in [0.15, 0.2) is 48.5 Å². The Balaban J connectivity index is 1.62. The van der Waals surface area contributed by atoms with Gasteiger partial charge in [-0.15, -0.1) is 0 Å². The molecule has 0 spiro atoms. The Morgan fingerprint density at radius 1 is 0.879 bits per heavy atom. The van der Waals surface area contributed by atoms with Gasteiger partial charge >= 0.3 is 5.97 Å². The molecule has 33 heavy (non-hydrogen) atoms. The number of carbonyl (C=O) groups is 1. The van der Waals surface area contributed by atoms with E-state index in [1.54, 1.807) is 26.4 Å². The lowest BCUT2D eigenvalue weighted by Crippen LogP contribution is -2.60. The van der Waals surface area contributed by atoms with Gasteiger partial charge in [0.2, 0.25) is 0 Å². The molecule has 9 heteroatoms. The van der Waals surface area contributed by atoms with E-state index >= 15 is 0 Å². The van der Waals surface area contributed by atoms with Gasteiger partial charge in [-0.2, -0.15) is 0 Å². The Labute approximate surface area is 192 Å². The zero-order valence-corrected chi connectivity index (χ0v) is 18.9. The highest BCUT2D eigenvalue weighted by Crippen LogP contribution is 2.27. The lowest BCUT2D eigenvalue weighted by Gasteiger charge is -2.41. The normalized spacial score (nSPS) is 24.8. The molecule has 2 N–H and O–H groups in total. The summed E-state index contributed by atoms with van der Waals surface area (Å²) in [6.07, 6.45) is -5.77. The second kappa shape index (κ2) is 12.0. The first-order valence-electron chi connectivity index (χ1n) is 10.5. The van der Waals surface area contributed by atoms with E-state index in [1.807, 2.05) is 36.4 Å². The second-order valence-corrected chi connectivity index (χ2v) is 7.62. The van der Waals surface area contributed by atoms with E-state index in [1.165, 1.54) is 6.92 Å². The highest BCUT2D eigenvalue weighted by Gasteiger charge is 2.47. The largest absolute Gasteiger partial charge is 0.497 e. The maximum Gasteiger partial charge on any atom is 0.303 e. The molecule has 180 valence electrons. The molecule has 2 aromatic rings. The zero-order chi connectivity index (χ0) is 23.8. The third-order valence-corrected chi connectivity index (χ3v) is 5.25. The Morgan fingerprint density at radius 2 is 1.42 bits per heavy atom. The van der Waals surface area contributed by atoms with Gasteiger partial charge in [0, 0.05) is 6.92 Å². The molecule has 0 aliphatic carbocycles. The topological polar surface area (TPSA) is 113 Å². The van der Waals surface area contributed by atoms with Crippen molar-refractivity contribution < 1.29 is 43.4 Å². The van der Waals surface area contributed by atoms with Crippen LogP contribution in [0.5, 0.6) is 11.5 Å². The van der Waals surface area contributed by atoms with Gasteiger partial charge in [0.1, 0.15) is 29.8 Å². The Bertz CT molecular complexity index is 869. The molecule has 5 atom stereocenters. The summed E-state index contributed by atoms with van der Waals surface area (Å²) in [7, 11) is 3.17. The predicted molar refractivity (Wildman–Crippen MR) is 117 cm³/mol. The summed E-state index contributed by atoms with van der Waals surface area (Å²) < 4.78 is 32.5. The molecule has 0 radical (unpaired) electrons. The SMILES string of the molecule is COc1ccc(COC[C@H]2O[C@@H](O)[C@H](OC(C)=O)[C@@H](OCc3ccc(OC)cc3)[C@H]2O)cc1. The number of carbonyl (C=O) groups excluding carboxylic acids is 1. The highest BCUT2D eigenvalue weighted by atomic mass is 16.7. The van der Waals surface area contributed by atoms with Crippen molar-refractivity contribution in [2.24, 2.45) is 0 Å². The zero-order valence-electron chi connectivity index (χ0n) is 18.9. The molecular formula is C24H30O9. The third-order valence-electron chi connectivity index (χ3n) is 5.25. The Hall–Kier alpha value is -2.69. The minimum atomic E-state index is -1.48. The van der Waals surface area contributed by atoms with Crippen LogP contribution in [-0.2, 0) is 37.0 Å². The summed E-state index contributed by atoms with van der Waals surface area (Å²) in [5.74, 6) is 0.815. The van der Waals surface area contributed by atoms with Crippen LogP contribution in [0, 0.1) is 0 Å². The molecule has 9 nitrogen and oxygen atoms in total. The maximum atomic E-state index is 11.5. The smallest absolute Gasteiger partial charge is 0.303 e. The van der Waals surface area contributed by atoms with Gasteiger partial charge in [0.15, 0.2) is 12.4 Å². The molecule has 0 saturated carbocycles. The number of aliphatic hydroxyl groups excluding tert-OH is 2. The van der Waals surface area contributed by atoms with E-state index in [-0.39, 0.29) is 19.8 Å². The predicted octanol–water partition coefficient (Wildman–Crippen LogP) is 1.82. The maximum absolute atomic E-state index is 11.5. The molecule has 1 fully saturated rings. The molecule has 2 aromatic carbocycles. The van der Waals surface area contributed by atoms with Crippen LogP contribution in [0.4, 0.5) is 0 Å². The van der Waals surface area contributed by atoms with Crippen LogP contribution >= 0.6 is 0 Å². The van der Waals surface area contributed by atoms with E-state index in [9.17, 15) is 15.0 Å². The van der Waals surface area contributed by atoms with Gasteiger partial charge in [0.05, 0.1) is 34.0 Å². The van der Waals surface area contributed by atoms with Crippen molar-refractivity contribution in [2.45, 2.75) is 50.8 Å². The van der Waals surface area contributed by atoms with E-state index < -0.39 is 36.7 Å². The van der Waals surface area contributed by atoms with Gasteiger partial charge < -0.3 is 38.6 Å². The van der Waals surface area contributed by atoms with Crippen molar-refractivity contribution in [3.63, 3.8) is 0 Å². The second-order valence-electron chi connectivity index (χ2n) is 7.62. The summed E-state index contributed by atoms with van der Waals surface area (Å²) in [4.78, 5) is 11.5. The van der Waals surface area contributed by atoms with Crippen molar-refractivity contribution in [3.8, 4) is 11.5 Å². The minimum absolute atomic E-state index is 0.000552. The number of aliphatic hydroxyl groups is 2. The van der Waals surface area contributed by atoms with Crippen molar-refractivity contribution in [3.05, 3.63) is 59.7 Å². The van der Waals surface area contributed by atoms with E-state index in [2.05, 4.69) is 0 Å². The number of benzene rings is 2. The molecule has 1 heterocycles. The third kappa shape index (κ3) is 6.89. The van der Waals surface area contributed by atoms with Gasteiger partial charge in [-0.05, 0) is 35.4 Å². The van der Waals surface area contributed by atoms with Crippen LogP contribution in [0.2, 0.25) is 0 Å². The number of methoxy groups -OCH3 is 2. The molecule has 0 unspecified atom stereocenters. The van der Waals surface area contributed by atoms with Crippen molar-refractivity contribution >= 4 is 5.97 Å². The molecule has 1 saturated heterocycles. The fraction of sp³-hybridized carbons (Fsp3) is 0.458. The van der Waals surface area contributed by atoms with Gasteiger partial charge in [-0.1, -0.05) is 24.3 Å². The van der Waals surface area contributed by atoms with E-state index in [0.717, 1.165) is 16.9 Å². The standard InChI is InChI=1S/C24H30O9/c1-15(25)32-23-22(31-13-17-6-10-19(29-3)11-7-17)21(26)20(33-24(23)27)14-30-12-16-4-8-18(28-2)9-5-16/h4-11,20-24,26-27H,12-14H2,1-3H3/t20-,21+,22+,23-,24-/m1/s1. The lowest BCUT2D eigenvalue weighted by molar-refractivity contribution is -0.301. The number of hydrogen-bond acceptors (Lipinski definition) is 9. The van der Waals surface area contributed by atoms with E-state index in [0.29, 0.717) is 5.75 Å². The van der Waals surface area contributed by atoms with Gasteiger partial charge in [-0.25, -0.2) is 0 Å². The summed E-state index contributed by atoms with van der Waals surface area (Å²) >= 11 is 0. The van der Waals surface area contributed by atoms with Crippen LogP contribution in [-0.4, -0.2) is 67.7 Å². The quantitative estimate of drug-likeness (QED) is 0.511. The van der Waals surface area contributed by atoms with Gasteiger partial charge in [-0.3, -0.25) is 4.79 Å². The average molecular weight is 462 g/mol. The molecule has 3 rings (SSSR count). The number of hydrogen-bond donors (Lipinski definition) is 2. The van der Waals surface area contributed by atoms with Crippen LogP contribution in [0.25, 0.3) is 0 Å². The monoisotopic (exact) mass is 462 g/mol. The molecule has 0 bridgehead atoms.